The molecule has 150 heavy (non-hydrogen) atoms. The number of rotatable bonds is 20. The summed E-state index contributed by atoms with van der Waals surface area (Å²) in [5.41, 5.74) is 57.0. The molecule has 0 saturated carbocycles. The number of nitrogens with zero attached hydrogens (tertiary/aromatic N) is 4. The highest BCUT2D eigenvalue weighted by Gasteiger charge is 2.45. The van der Waals surface area contributed by atoms with Crippen LogP contribution in [0.3, 0.4) is 0 Å². The zero-order valence-electron chi connectivity index (χ0n) is 86.9. The van der Waals surface area contributed by atoms with E-state index in [0.29, 0.717) is 11.1 Å². The van der Waals surface area contributed by atoms with Gasteiger partial charge >= 0.3 is 0 Å². The van der Waals surface area contributed by atoms with E-state index in [4.69, 9.17) is 0 Å². The van der Waals surface area contributed by atoms with Crippen LogP contribution in [-0.4, -0.2) is 12.6 Å². The van der Waals surface area contributed by atoms with Gasteiger partial charge in [-0.1, -0.05) is 327 Å². The predicted molar refractivity (Wildman–Crippen MR) is 630 cm³/mol. The molecule has 724 valence electrons. The summed E-state index contributed by atoms with van der Waals surface area (Å²) in [5, 5.41) is 0. The van der Waals surface area contributed by atoms with Crippen LogP contribution in [-0.2, 0) is 32.5 Å². The highest BCUT2D eigenvalue weighted by atomic mass is 16.1. The van der Waals surface area contributed by atoms with Gasteiger partial charge in [0.05, 0.1) is 0 Å². The van der Waals surface area contributed by atoms with E-state index < -0.39 is 0 Å². The first-order valence-corrected chi connectivity index (χ1v) is 52.4. The molecular formula is C144H116N4O2. The van der Waals surface area contributed by atoms with Gasteiger partial charge in [-0.25, -0.2) is 0 Å². The van der Waals surface area contributed by atoms with Crippen molar-refractivity contribution in [3.05, 3.63) is 539 Å². The van der Waals surface area contributed by atoms with Crippen molar-refractivity contribution in [1.82, 2.24) is 0 Å². The summed E-state index contributed by atoms with van der Waals surface area (Å²) in [4.78, 5) is 32.4. The van der Waals surface area contributed by atoms with Crippen LogP contribution in [0.1, 0.15) is 182 Å². The normalized spacial score (nSPS) is 14.4. The molecule has 0 aliphatic heterocycles. The van der Waals surface area contributed by atoms with Gasteiger partial charge in [0.15, 0.2) is 0 Å². The van der Waals surface area contributed by atoms with Gasteiger partial charge < -0.3 is 19.6 Å². The Hall–Kier alpha value is -17.6. The minimum absolute atomic E-state index is 0.185. The monoisotopic (exact) mass is 1930 g/mol. The lowest BCUT2D eigenvalue weighted by atomic mass is 9.79. The molecule has 0 fully saturated rings. The number of para-hydroxylation sites is 4. The van der Waals surface area contributed by atoms with Gasteiger partial charge in [-0.15, -0.1) is 0 Å². The molecule has 0 bridgehead atoms. The molecule has 0 N–H and O–H groups in total. The van der Waals surface area contributed by atoms with E-state index in [1.807, 2.05) is 72.8 Å². The first-order valence-electron chi connectivity index (χ1n) is 52.4. The molecule has 0 amide bonds. The van der Waals surface area contributed by atoms with E-state index in [1.165, 1.54) is 178 Å². The van der Waals surface area contributed by atoms with Crippen LogP contribution in [0.25, 0.3) is 123 Å². The van der Waals surface area contributed by atoms with Crippen molar-refractivity contribution in [2.45, 2.75) is 116 Å². The Balaban J connectivity index is 0.000000155. The Labute approximate surface area is 881 Å². The zero-order chi connectivity index (χ0) is 103. The Morgan fingerprint density at radius 1 is 0.153 bits per heavy atom. The van der Waals surface area contributed by atoms with Crippen LogP contribution in [0, 0.1) is 0 Å². The zero-order valence-corrected chi connectivity index (χ0v) is 86.9. The average Bonchev–Trinajstić information content (AvgIpc) is 1.59. The summed E-state index contributed by atoms with van der Waals surface area (Å²) in [7, 11) is 0. The Bertz CT molecular complexity index is 7880. The van der Waals surface area contributed by atoms with Gasteiger partial charge in [0.25, 0.3) is 0 Å². The van der Waals surface area contributed by atoms with E-state index in [0.717, 1.165) is 91.9 Å². The maximum absolute atomic E-state index is 11.6. The molecule has 20 aromatic rings. The summed E-state index contributed by atoms with van der Waals surface area (Å²) in [5.74, 6) is 0. The molecule has 6 heteroatoms. The van der Waals surface area contributed by atoms with Gasteiger partial charge in [0.1, 0.15) is 12.6 Å². The molecule has 0 atom stereocenters. The fourth-order valence-electron chi connectivity index (χ4n) is 25.4. The average molecular weight is 1930 g/mol. The number of hydrogen-bond acceptors (Lipinski definition) is 6. The van der Waals surface area contributed by atoms with Crippen molar-refractivity contribution in [3.8, 4) is 111 Å². The van der Waals surface area contributed by atoms with Crippen molar-refractivity contribution in [2.24, 2.45) is 0 Å². The van der Waals surface area contributed by atoms with Crippen LogP contribution < -0.4 is 19.6 Å². The molecule has 26 rings (SSSR count). The van der Waals surface area contributed by atoms with Crippen LogP contribution in [0.15, 0.2) is 450 Å². The summed E-state index contributed by atoms with van der Waals surface area (Å²) < 4.78 is 0. The minimum Gasteiger partial charge on any atom is -0.310 e. The SMILES string of the molecule is C=Cc1ccc(N(c2ccccc2)c2ccc3c(c2)C(C)(C)c2cc(-c4ccc5c(c4)C(C)(C)c4cc(-c6ccc7c(c6)C(C)(C)c6cc(N(c8ccccc8)c8ccc(C=C)cc8)ccc6-7)ccc4-5)ccc2-3)cc1.CC1(C)c2cc(-c3ccc4c(c3)C(C)(C)c3cc(N(c5ccccc5)c5ccc(C=O)cc5)ccc3-4)ccc2-c2ccc(-c3ccc4c(c3)C(C)(C)c3cc(N(c5ccccc5)c5ccc(C=O)cc5)ccc3-4)cc21. The Kier molecular flexibility index (Phi) is 22.2. The molecule has 20 aromatic carbocycles. The smallest absolute Gasteiger partial charge is 0.150 e. The molecule has 0 saturated heterocycles. The van der Waals surface area contributed by atoms with E-state index in [2.05, 4.69) is 492 Å². The number of benzene rings is 20. The Morgan fingerprint density at radius 3 is 0.440 bits per heavy atom. The summed E-state index contributed by atoms with van der Waals surface area (Å²) in [6.45, 7) is 36.5. The first kappa shape index (κ1) is 93.5. The van der Waals surface area contributed by atoms with Crippen LogP contribution in [0.4, 0.5) is 68.2 Å². The van der Waals surface area contributed by atoms with Gasteiger partial charge in [0.2, 0.25) is 0 Å². The molecule has 6 aliphatic carbocycles. The minimum atomic E-state index is -0.239. The molecule has 0 aromatic heterocycles. The molecule has 0 heterocycles. The topological polar surface area (TPSA) is 47.1 Å². The van der Waals surface area contributed by atoms with Gasteiger partial charge in [-0.05, 0) is 408 Å². The number of hydrogen-bond donors (Lipinski definition) is 0. The van der Waals surface area contributed by atoms with E-state index >= 15 is 0 Å². The highest BCUT2D eigenvalue weighted by molar-refractivity contribution is 5.97. The summed E-state index contributed by atoms with van der Waals surface area (Å²) >= 11 is 0. The van der Waals surface area contributed by atoms with Crippen molar-refractivity contribution < 1.29 is 9.59 Å². The van der Waals surface area contributed by atoms with Gasteiger partial charge in [-0.3, -0.25) is 9.59 Å². The standard InChI is InChI=1S/C73H60N2.C71H56N2O2/c1-9-47-21-29-55(30-22-47)74(53-17-13-11-14-18-53)57-33-39-63-61-37-27-51(43-67(61)72(5,6)69(63)45-57)49-25-35-59-60-36-26-50(42-66(60)71(3,4)65(59)41-49)52-28-38-62-64-40-34-58(46-70(64)73(7,8)68(62)44-52)75(54-19-15-12-16-20-54)56-31-23-48(10-2)24-32-56;1-69(2)63-37-47(49-23-33-59-61-35-29-55(41-67(61)70(3,4)65(59)39-49)72(51-13-9-7-10-14-51)53-25-17-45(43-74)18-26-53)21-31-57(63)58-32-22-48(38-64(58)69)50-24-34-60-62-36-30-56(42-68(62)71(5,6)66(60)40-50)73(52-15-11-8-12-16-52)54-27-19-46(44-75)20-28-54/h9-46H,1-2H2,3-8H3;7-44H,1-6H3. The van der Waals surface area contributed by atoms with Crippen molar-refractivity contribution in [2.75, 3.05) is 19.6 Å². The largest absolute Gasteiger partial charge is 0.310 e. The maximum atomic E-state index is 11.6. The van der Waals surface area contributed by atoms with Crippen LogP contribution in [0.5, 0.6) is 0 Å². The molecule has 6 aliphatic rings. The second-order valence-electron chi connectivity index (χ2n) is 44.4. The molecule has 0 spiro atoms. The van der Waals surface area contributed by atoms with Crippen molar-refractivity contribution in [3.63, 3.8) is 0 Å². The lowest BCUT2D eigenvalue weighted by molar-refractivity contribution is 0.111. The summed E-state index contributed by atoms with van der Waals surface area (Å²) in [6, 6.07) is 160. The molecule has 0 unspecified atom stereocenters. The van der Waals surface area contributed by atoms with E-state index in [-0.39, 0.29) is 32.5 Å². The van der Waals surface area contributed by atoms with Crippen LogP contribution in [0.2, 0.25) is 0 Å². The molecule has 6 nitrogen and oxygen atoms in total. The fraction of sp³-hybridized carbons (Fsp3) is 0.125. The highest BCUT2D eigenvalue weighted by Crippen LogP contribution is 2.61. The van der Waals surface area contributed by atoms with Crippen LogP contribution >= 0.6 is 0 Å². The number of carbonyl (C=O) groups excluding carboxylic acids is 2. The Morgan fingerprint density at radius 2 is 0.287 bits per heavy atom. The first-order chi connectivity index (χ1) is 72.7. The molecular weight excluding hydrogens is 1820 g/mol. The number of fused-ring (bicyclic) bond motifs is 18. The molecule has 0 radical (unpaired) electrons. The van der Waals surface area contributed by atoms with Crippen molar-refractivity contribution >= 4 is 93.0 Å². The maximum Gasteiger partial charge on any atom is 0.150 e. The van der Waals surface area contributed by atoms with Gasteiger partial charge in [0, 0.05) is 112 Å². The van der Waals surface area contributed by atoms with E-state index in [9.17, 15) is 9.59 Å². The number of aldehydes is 2. The fourth-order valence-corrected chi connectivity index (χ4v) is 25.4. The third kappa shape index (κ3) is 15.3. The van der Waals surface area contributed by atoms with E-state index in [1.54, 1.807) is 0 Å². The number of anilines is 12. The quantitative estimate of drug-likeness (QED) is 0.0709. The third-order valence-electron chi connectivity index (χ3n) is 33.8. The lowest BCUT2D eigenvalue weighted by Crippen LogP contribution is -2.17. The lowest BCUT2D eigenvalue weighted by Gasteiger charge is -2.28. The predicted octanol–water partition coefficient (Wildman–Crippen LogP) is 38.7. The summed E-state index contributed by atoms with van der Waals surface area (Å²) in [6.07, 6.45) is 5.58. The van der Waals surface area contributed by atoms with Gasteiger partial charge in [-0.2, -0.15) is 0 Å². The second kappa shape index (κ2) is 35.6. The number of carbonyl (C=O) groups is 2. The third-order valence-corrected chi connectivity index (χ3v) is 33.8. The second-order valence-corrected chi connectivity index (χ2v) is 44.4. The van der Waals surface area contributed by atoms with Crippen molar-refractivity contribution in [1.29, 1.82) is 0 Å².